The second-order valence-electron chi connectivity index (χ2n) is 9.60. The summed E-state index contributed by atoms with van der Waals surface area (Å²) in [5.74, 6) is 0.207. The molecule has 2 aromatic rings. The number of aromatic nitrogens is 2. The van der Waals surface area contributed by atoms with E-state index in [0.717, 1.165) is 35.6 Å². The van der Waals surface area contributed by atoms with Crippen molar-refractivity contribution >= 4 is 17.8 Å². The van der Waals surface area contributed by atoms with Gasteiger partial charge in [0, 0.05) is 32.4 Å². The average molecular weight is 442 g/mol. The summed E-state index contributed by atoms with van der Waals surface area (Å²) in [7, 11) is 1.75. The molecule has 1 aromatic heterocycles. The molecule has 1 fully saturated rings. The molecule has 1 saturated heterocycles. The van der Waals surface area contributed by atoms with Gasteiger partial charge in [-0.1, -0.05) is 12.1 Å². The van der Waals surface area contributed by atoms with Crippen molar-refractivity contribution in [2.75, 3.05) is 32.0 Å². The molecule has 8 heteroatoms. The van der Waals surface area contributed by atoms with Crippen LogP contribution in [0.1, 0.15) is 45.0 Å². The number of hydrogen-bond donors (Lipinski definition) is 1. The van der Waals surface area contributed by atoms with E-state index in [1.54, 1.807) is 11.9 Å². The van der Waals surface area contributed by atoms with Crippen LogP contribution in [0.2, 0.25) is 0 Å². The Morgan fingerprint density at radius 3 is 2.62 bits per heavy atom. The molecule has 174 valence electrons. The molecule has 0 radical (unpaired) electrons. The minimum Gasteiger partial charge on any atom is -0.444 e. The molecule has 1 aliphatic heterocycles. The van der Waals surface area contributed by atoms with Crippen molar-refractivity contribution in [3.05, 3.63) is 41.7 Å². The number of amides is 3. The number of anilines is 1. The Kier molecular flexibility index (Phi) is 7.11. The quantitative estimate of drug-likeness (QED) is 0.752. The SMILES string of the molecule is Cc1cc(C)n(-c2ccccc2NC(=O)N2CCCC(CN(C)C(=O)OC(C)(C)C)C2)n1. The fourth-order valence-electron chi connectivity index (χ4n) is 4.03. The van der Waals surface area contributed by atoms with Gasteiger partial charge in [-0.15, -0.1) is 0 Å². The van der Waals surface area contributed by atoms with Gasteiger partial charge in [0.25, 0.3) is 0 Å². The summed E-state index contributed by atoms with van der Waals surface area (Å²) in [5, 5.41) is 7.61. The molecule has 1 aromatic carbocycles. The van der Waals surface area contributed by atoms with Crippen LogP contribution in [0.3, 0.4) is 0 Å². The predicted molar refractivity (Wildman–Crippen MR) is 125 cm³/mol. The molecule has 32 heavy (non-hydrogen) atoms. The molecule has 8 nitrogen and oxygen atoms in total. The number of aryl methyl sites for hydroxylation is 2. The Morgan fingerprint density at radius 1 is 1.25 bits per heavy atom. The zero-order chi connectivity index (χ0) is 23.5. The topological polar surface area (TPSA) is 79.7 Å². The van der Waals surface area contributed by atoms with Gasteiger partial charge in [-0.25, -0.2) is 14.3 Å². The van der Waals surface area contributed by atoms with Crippen molar-refractivity contribution in [3.8, 4) is 5.69 Å². The number of carbonyl (C=O) groups is 2. The number of ether oxygens (including phenoxy) is 1. The lowest BCUT2D eigenvalue weighted by molar-refractivity contribution is 0.0253. The second kappa shape index (κ2) is 9.63. The number of nitrogens with zero attached hydrogens (tertiary/aromatic N) is 4. The minimum atomic E-state index is -0.525. The number of benzene rings is 1. The highest BCUT2D eigenvalue weighted by atomic mass is 16.6. The zero-order valence-corrected chi connectivity index (χ0v) is 20.0. The van der Waals surface area contributed by atoms with E-state index in [-0.39, 0.29) is 18.0 Å². The zero-order valence-electron chi connectivity index (χ0n) is 20.0. The summed E-state index contributed by atoms with van der Waals surface area (Å²) in [4.78, 5) is 28.8. The van der Waals surface area contributed by atoms with Gasteiger partial charge in [-0.05, 0) is 71.6 Å². The Labute approximate surface area is 190 Å². The van der Waals surface area contributed by atoms with Crippen molar-refractivity contribution in [2.45, 2.75) is 53.1 Å². The molecule has 0 saturated carbocycles. The molecule has 0 aliphatic carbocycles. The number of urea groups is 1. The molecule has 1 aliphatic rings. The van der Waals surface area contributed by atoms with Crippen LogP contribution >= 0.6 is 0 Å². The third kappa shape index (κ3) is 6.02. The molecule has 0 spiro atoms. The maximum Gasteiger partial charge on any atom is 0.410 e. The molecular formula is C24H35N5O3. The third-order valence-corrected chi connectivity index (χ3v) is 5.43. The normalized spacial score (nSPS) is 16.6. The van der Waals surface area contributed by atoms with Gasteiger partial charge in [-0.3, -0.25) is 0 Å². The van der Waals surface area contributed by atoms with Crippen molar-refractivity contribution in [2.24, 2.45) is 5.92 Å². The summed E-state index contributed by atoms with van der Waals surface area (Å²) in [6.45, 7) is 11.4. The molecule has 3 rings (SSSR count). The summed E-state index contributed by atoms with van der Waals surface area (Å²) in [6.07, 6.45) is 1.54. The van der Waals surface area contributed by atoms with Gasteiger partial charge in [0.1, 0.15) is 5.60 Å². The predicted octanol–water partition coefficient (Wildman–Crippen LogP) is 4.60. The van der Waals surface area contributed by atoms with Crippen LogP contribution in [0.4, 0.5) is 15.3 Å². The fraction of sp³-hybridized carbons (Fsp3) is 0.542. The number of rotatable bonds is 4. The number of carbonyl (C=O) groups excluding carboxylic acids is 2. The van der Waals surface area contributed by atoms with E-state index in [4.69, 9.17) is 4.74 Å². The first kappa shape index (κ1) is 23.6. The van der Waals surface area contributed by atoms with Crippen LogP contribution in [-0.2, 0) is 4.74 Å². The highest BCUT2D eigenvalue weighted by molar-refractivity contribution is 5.91. The lowest BCUT2D eigenvalue weighted by atomic mass is 9.98. The number of para-hydroxylation sites is 2. The van der Waals surface area contributed by atoms with E-state index in [1.165, 1.54) is 0 Å². The van der Waals surface area contributed by atoms with Gasteiger partial charge in [0.05, 0.1) is 17.1 Å². The lowest BCUT2D eigenvalue weighted by Gasteiger charge is -2.35. The van der Waals surface area contributed by atoms with Gasteiger partial charge >= 0.3 is 12.1 Å². The van der Waals surface area contributed by atoms with Crippen molar-refractivity contribution in [1.29, 1.82) is 0 Å². The van der Waals surface area contributed by atoms with Crippen molar-refractivity contribution in [3.63, 3.8) is 0 Å². The highest BCUT2D eigenvalue weighted by Crippen LogP contribution is 2.24. The van der Waals surface area contributed by atoms with E-state index < -0.39 is 5.60 Å². The minimum absolute atomic E-state index is 0.136. The second-order valence-corrected chi connectivity index (χ2v) is 9.60. The maximum absolute atomic E-state index is 13.1. The number of piperidine rings is 1. The molecule has 1 atom stereocenters. The van der Waals surface area contributed by atoms with Crippen LogP contribution in [0, 0.1) is 19.8 Å². The number of likely N-dealkylation sites (tertiary alicyclic amines) is 1. The van der Waals surface area contributed by atoms with E-state index in [1.807, 2.05) is 74.5 Å². The smallest absolute Gasteiger partial charge is 0.410 e. The van der Waals surface area contributed by atoms with Gasteiger partial charge < -0.3 is 19.9 Å². The fourth-order valence-corrected chi connectivity index (χ4v) is 4.03. The van der Waals surface area contributed by atoms with Gasteiger partial charge in [0.2, 0.25) is 0 Å². The maximum atomic E-state index is 13.1. The Balaban J connectivity index is 1.64. The first-order valence-electron chi connectivity index (χ1n) is 11.2. The summed E-state index contributed by atoms with van der Waals surface area (Å²) in [6, 6.07) is 9.55. The molecule has 0 bridgehead atoms. The van der Waals surface area contributed by atoms with E-state index in [0.29, 0.717) is 19.6 Å². The Bertz CT molecular complexity index is 963. The van der Waals surface area contributed by atoms with E-state index >= 15 is 0 Å². The summed E-state index contributed by atoms with van der Waals surface area (Å²) >= 11 is 0. The van der Waals surface area contributed by atoms with Crippen LogP contribution in [-0.4, -0.2) is 64.0 Å². The average Bonchev–Trinajstić information content (AvgIpc) is 3.05. The Hall–Kier alpha value is -3.03. The van der Waals surface area contributed by atoms with Crippen LogP contribution < -0.4 is 5.32 Å². The van der Waals surface area contributed by atoms with E-state index in [2.05, 4.69) is 10.4 Å². The van der Waals surface area contributed by atoms with Crippen molar-refractivity contribution < 1.29 is 14.3 Å². The van der Waals surface area contributed by atoms with Gasteiger partial charge in [0.15, 0.2) is 0 Å². The molecule has 3 amide bonds. The summed E-state index contributed by atoms with van der Waals surface area (Å²) < 4.78 is 7.29. The summed E-state index contributed by atoms with van der Waals surface area (Å²) in [5.41, 5.74) is 2.97. The van der Waals surface area contributed by atoms with E-state index in [9.17, 15) is 9.59 Å². The lowest BCUT2D eigenvalue weighted by Crippen LogP contribution is -2.46. The highest BCUT2D eigenvalue weighted by Gasteiger charge is 2.28. The molecular weight excluding hydrogens is 406 g/mol. The standard InChI is InChI=1S/C24H35N5O3/c1-17-14-18(2)29(26-17)21-12-8-7-11-20(21)25-22(30)28-13-9-10-19(16-28)15-27(6)23(31)32-24(3,4)5/h7-8,11-12,14,19H,9-10,13,15-16H2,1-6H3,(H,25,30). The van der Waals surface area contributed by atoms with Crippen LogP contribution in [0.5, 0.6) is 0 Å². The van der Waals surface area contributed by atoms with Crippen molar-refractivity contribution in [1.82, 2.24) is 19.6 Å². The number of nitrogens with one attached hydrogen (secondary N) is 1. The first-order valence-corrected chi connectivity index (χ1v) is 11.2. The van der Waals surface area contributed by atoms with Crippen LogP contribution in [0.25, 0.3) is 5.69 Å². The molecule has 1 unspecified atom stereocenters. The molecule has 1 N–H and O–H groups in total. The molecule has 2 heterocycles. The van der Waals surface area contributed by atoms with Crippen LogP contribution in [0.15, 0.2) is 30.3 Å². The first-order chi connectivity index (χ1) is 15.0. The van der Waals surface area contributed by atoms with Gasteiger partial charge in [-0.2, -0.15) is 5.10 Å². The monoisotopic (exact) mass is 441 g/mol. The number of hydrogen-bond acceptors (Lipinski definition) is 4. The largest absolute Gasteiger partial charge is 0.444 e. The third-order valence-electron chi connectivity index (χ3n) is 5.43. The Morgan fingerprint density at radius 2 is 1.97 bits per heavy atom.